The fraction of sp³-hybridized carbons (Fsp3) is 0.909. The van der Waals surface area contributed by atoms with Crippen molar-refractivity contribution in [1.82, 2.24) is 0 Å². The largest absolute Gasteiger partial charge is 0.304 e. The van der Waals surface area contributed by atoms with Crippen LogP contribution in [0.5, 0.6) is 0 Å². The van der Waals surface area contributed by atoms with Gasteiger partial charge in [0, 0.05) is 12.8 Å². The molecule has 24 heavy (non-hydrogen) atoms. The minimum atomic E-state index is 0.546. The van der Waals surface area contributed by atoms with E-state index in [1.165, 1.54) is 71.1 Å². The van der Waals surface area contributed by atoms with Gasteiger partial charge < -0.3 is 4.79 Å². The standard InChI is InChI=1S/C18H34O.C2H4O.C2H6/c1-3-5-7-8-14-18(19)15-17-13-10-9-12-16(17)11-6-4-2;1-2-3;1-2/h16-17H,3-15H2,1-2H3;2H,1H3;1-2H3. The molecule has 2 unspecified atom stereocenters. The Kier molecular flexibility index (Phi) is 21.7. The zero-order valence-electron chi connectivity index (χ0n) is 17.2. The zero-order valence-corrected chi connectivity index (χ0v) is 17.2. The number of aldehydes is 1. The quantitative estimate of drug-likeness (QED) is 0.313. The Balaban J connectivity index is 0. The number of hydrogen-bond donors (Lipinski definition) is 0. The van der Waals surface area contributed by atoms with Crippen LogP contribution >= 0.6 is 0 Å². The summed E-state index contributed by atoms with van der Waals surface area (Å²) in [7, 11) is 0. The van der Waals surface area contributed by atoms with E-state index in [1.54, 1.807) is 0 Å². The second-order valence-corrected chi connectivity index (χ2v) is 6.74. The summed E-state index contributed by atoms with van der Waals surface area (Å²) in [6.07, 6.45) is 16.9. The molecule has 0 heterocycles. The Morgan fingerprint density at radius 2 is 1.46 bits per heavy atom. The molecule has 1 saturated carbocycles. The van der Waals surface area contributed by atoms with Gasteiger partial charge in [-0.3, -0.25) is 4.79 Å². The molecule has 2 atom stereocenters. The van der Waals surface area contributed by atoms with Crippen molar-refractivity contribution in [3.63, 3.8) is 0 Å². The summed E-state index contributed by atoms with van der Waals surface area (Å²) < 4.78 is 0. The van der Waals surface area contributed by atoms with Crippen molar-refractivity contribution in [2.24, 2.45) is 11.8 Å². The Morgan fingerprint density at radius 3 is 2.00 bits per heavy atom. The van der Waals surface area contributed by atoms with Crippen LogP contribution < -0.4 is 0 Å². The molecular formula is C22H44O2. The maximum Gasteiger partial charge on any atom is 0.133 e. The molecule has 0 bridgehead atoms. The van der Waals surface area contributed by atoms with Gasteiger partial charge in [0.05, 0.1) is 0 Å². The van der Waals surface area contributed by atoms with Crippen LogP contribution in [-0.4, -0.2) is 12.1 Å². The van der Waals surface area contributed by atoms with Gasteiger partial charge in [0.1, 0.15) is 12.1 Å². The van der Waals surface area contributed by atoms with Gasteiger partial charge in [0.25, 0.3) is 0 Å². The van der Waals surface area contributed by atoms with Crippen LogP contribution in [0, 0.1) is 11.8 Å². The van der Waals surface area contributed by atoms with Gasteiger partial charge in [-0.05, 0) is 31.6 Å². The van der Waals surface area contributed by atoms with Crippen molar-refractivity contribution in [2.75, 3.05) is 0 Å². The predicted octanol–water partition coefficient (Wildman–Crippen LogP) is 7.14. The summed E-state index contributed by atoms with van der Waals surface area (Å²) in [5.41, 5.74) is 0. The lowest BCUT2D eigenvalue weighted by Crippen LogP contribution is -2.22. The molecule has 0 N–H and O–H groups in total. The highest BCUT2D eigenvalue weighted by atomic mass is 16.1. The molecule has 144 valence electrons. The van der Waals surface area contributed by atoms with Crippen LogP contribution in [0.25, 0.3) is 0 Å². The van der Waals surface area contributed by atoms with E-state index in [-0.39, 0.29) is 0 Å². The maximum absolute atomic E-state index is 12.1. The van der Waals surface area contributed by atoms with Crippen LogP contribution in [0.1, 0.15) is 118 Å². The first-order valence-corrected chi connectivity index (χ1v) is 10.6. The third-order valence-corrected chi connectivity index (χ3v) is 4.79. The molecule has 0 radical (unpaired) electrons. The van der Waals surface area contributed by atoms with Crippen LogP contribution in [0.3, 0.4) is 0 Å². The lowest BCUT2D eigenvalue weighted by Gasteiger charge is -2.31. The lowest BCUT2D eigenvalue weighted by atomic mass is 9.74. The minimum Gasteiger partial charge on any atom is -0.304 e. The monoisotopic (exact) mass is 340 g/mol. The van der Waals surface area contributed by atoms with Crippen molar-refractivity contribution in [2.45, 2.75) is 118 Å². The van der Waals surface area contributed by atoms with E-state index in [4.69, 9.17) is 4.79 Å². The highest BCUT2D eigenvalue weighted by molar-refractivity contribution is 5.78. The minimum absolute atomic E-state index is 0.546. The molecule has 0 amide bonds. The summed E-state index contributed by atoms with van der Waals surface area (Å²) in [5, 5.41) is 0. The van der Waals surface area contributed by atoms with E-state index in [0.29, 0.717) is 5.78 Å². The fourth-order valence-electron chi connectivity index (χ4n) is 3.54. The number of carbonyl (C=O) groups excluding carboxylic acids is 2. The van der Waals surface area contributed by atoms with Crippen molar-refractivity contribution in [3.05, 3.63) is 0 Å². The molecule has 0 aromatic rings. The van der Waals surface area contributed by atoms with Gasteiger partial charge in [-0.1, -0.05) is 85.5 Å². The number of rotatable bonds is 10. The highest BCUT2D eigenvalue weighted by Crippen LogP contribution is 2.36. The molecule has 0 aromatic carbocycles. The maximum atomic E-state index is 12.1. The second-order valence-electron chi connectivity index (χ2n) is 6.74. The van der Waals surface area contributed by atoms with Crippen LogP contribution in [-0.2, 0) is 9.59 Å². The number of ketones is 1. The van der Waals surface area contributed by atoms with Gasteiger partial charge in [0.15, 0.2) is 0 Å². The molecule has 0 spiro atoms. The second kappa shape index (κ2) is 20.4. The van der Waals surface area contributed by atoms with Crippen molar-refractivity contribution < 1.29 is 9.59 Å². The molecule has 2 heteroatoms. The molecule has 1 aliphatic rings. The van der Waals surface area contributed by atoms with Crippen molar-refractivity contribution >= 4 is 12.1 Å². The van der Waals surface area contributed by atoms with E-state index in [0.717, 1.165) is 37.4 Å². The summed E-state index contributed by atoms with van der Waals surface area (Å²) in [6.45, 7) is 9.94. The van der Waals surface area contributed by atoms with E-state index in [2.05, 4.69) is 13.8 Å². The van der Waals surface area contributed by atoms with Crippen LogP contribution in [0.15, 0.2) is 0 Å². The molecule has 1 aliphatic carbocycles. The zero-order chi connectivity index (χ0) is 18.6. The Hall–Kier alpha value is -0.660. The average molecular weight is 341 g/mol. The van der Waals surface area contributed by atoms with Crippen LogP contribution in [0.2, 0.25) is 0 Å². The molecule has 0 saturated heterocycles. The Labute approximate surface area is 152 Å². The van der Waals surface area contributed by atoms with E-state index < -0.39 is 0 Å². The predicted molar refractivity (Wildman–Crippen MR) is 106 cm³/mol. The number of unbranched alkanes of at least 4 members (excludes halogenated alkanes) is 4. The van der Waals surface area contributed by atoms with Crippen LogP contribution in [0.4, 0.5) is 0 Å². The smallest absolute Gasteiger partial charge is 0.133 e. The van der Waals surface area contributed by atoms with Gasteiger partial charge in [-0.2, -0.15) is 0 Å². The molecule has 1 fully saturated rings. The Bertz CT molecular complexity index is 273. The van der Waals surface area contributed by atoms with Gasteiger partial charge >= 0.3 is 0 Å². The lowest BCUT2D eigenvalue weighted by molar-refractivity contribution is -0.120. The van der Waals surface area contributed by atoms with E-state index in [1.807, 2.05) is 13.8 Å². The summed E-state index contributed by atoms with van der Waals surface area (Å²) >= 11 is 0. The number of carbonyl (C=O) groups is 2. The molecule has 0 aromatic heterocycles. The summed E-state index contributed by atoms with van der Waals surface area (Å²) in [5.74, 6) is 2.12. The normalized spacial score (nSPS) is 19.4. The van der Waals surface area contributed by atoms with Crippen molar-refractivity contribution in [1.29, 1.82) is 0 Å². The van der Waals surface area contributed by atoms with E-state index in [9.17, 15) is 4.79 Å². The molecule has 1 rings (SSSR count). The third-order valence-electron chi connectivity index (χ3n) is 4.79. The topological polar surface area (TPSA) is 34.1 Å². The summed E-state index contributed by atoms with van der Waals surface area (Å²) in [4.78, 5) is 20.9. The highest BCUT2D eigenvalue weighted by Gasteiger charge is 2.26. The number of Topliss-reactive ketones (excluding diaryl/α,β-unsaturated/α-hetero) is 1. The first-order chi connectivity index (χ1) is 11.7. The average Bonchev–Trinajstić information content (AvgIpc) is 2.60. The first-order valence-electron chi connectivity index (χ1n) is 10.6. The number of hydrogen-bond acceptors (Lipinski definition) is 2. The molecule has 2 nitrogen and oxygen atoms in total. The SMILES string of the molecule is CC.CC=O.CCCCCCC(=O)CC1CCCCC1CCCC. The molecular weight excluding hydrogens is 296 g/mol. The Morgan fingerprint density at radius 1 is 0.917 bits per heavy atom. The molecule has 0 aliphatic heterocycles. The fourth-order valence-corrected chi connectivity index (χ4v) is 3.54. The summed E-state index contributed by atoms with van der Waals surface area (Å²) in [6, 6.07) is 0. The van der Waals surface area contributed by atoms with Crippen molar-refractivity contribution in [3.8, 4) is 0 Å². The van der Waals surface area contributed by atoms with E-state index >= 15 is 0 Å². The van der Waals surface area contributed by atoms with Gasteiger partial charge in [-0.25, -0.2) is 0 Å². The van der Waals surface area contributed by atoms with Gasteiger partial charge in [-0.15, -0.1) is 0 Å². The third kappa shape index (κ3) is 14.9. The van der Waals surface area contributed by atoms with Gasteiger partial charge in [0.2, 0.25) is 0 Å². The first kappa shape index (κ1) is 25.6.